The first-order valence-electron chi connectivity index (χ1n) is 11.1. The third-order valence-corrected chi connectivity index (χ3v) is 9.51. The highest BCUT2D eigenvalue weighted by Crippen LogP contribution is 2.34. The Bertz CT molecular complexity index is 1520. The highest BCUT2D eigenvalue weighted by Gasteiger charge is 2.36. The van der Waals surface area contributed by atoms with E-state index in [1.54, 1.807) is 17.0 Å². The van der Waals surface area contributed by atoms with E-state index in [9.17, 15) is 22.0 Å². The van der Waals surface area contributed by atoms with Crippen LogP contribution in [0.2, 0.25) is 0 Å². The van der Waals surface area contributed by atoms with Crippen molar-refractivity contribution in [3.05, 3.63) is 76.7 Å². The van der Waals surface area contributed by atoms with Crippen LogP contribution in [0.5, 0.6) is 0 Å². The summed E-state index contributed by atoms with van der Waals surface area (Å²) in [6.45, 7) is 0.264. The molecule has 4 aromatic rings. The Labute approximate surface area is 218 Å². The molecule has 0 atom stereocenters. The number of fused-ring (bicyclic) bond motifs is 1. The van der Waals surface area contributed by atoms with Crippen LogP contribution in [0.4, 0.5) is 13.9 Å². The smallest absolute Gasteiger partial charge is 0.245 e. The fraction of sp³-hybridized carbons (Fsp3) is 0.250. The number of furan rings is 1. The predicted octanol–water partition coefficient (Wildman–Crippen LogP) is 5.56. The van der Waals surface area contributed by atoms with E-state index in [1.807, 2.05) is 18.2 Å². The minimum absolute atomic E-state index is 0.0386. The molecule has 1 aliphatic rings. The Morgan fingerprint density at radius 3 is 2.64 bits per heavy atom. The minimum atomic E-state index is -4.16. The van der Waals surface area contributed by atoms with Gasteiger partial charge >= 0.3 is 0 Å². The van der Waals surface area contributed by atoms with E-state index in [0.29, 0.717) is 17.0 Å². The number of amides is 1. The van der Waals surface area contributed by atoms with Gasteiger partial charge in [0.15, 0.2) is 5.13 Å². The zero-order chi connectivity index (χ0) is 25.4. The van der Waals surface area contributed by atoms with Gasteiger partial charge in [0.05, 0.1) is 23.0 Å². The van der Waals surface area contributed by atoms with Gasteiger partial charge in [-0.05, 0) is 55.3 Å². The summed E-state index contributed by atoms with van der Waals surface area (Å²) in [7, 11) is -4.16. The lowest BCUT2D eigenvalue weighted by Crippen LogP contribution is -2.44. The molecule has 36 heavy (non-hydrogen) atoms. The molecule has 1 fully saturated rings. The van der Waals surface area contributed by atoms with Crippen molar-refractivity contribution in [2.45, 2.75) is 24.3 Å². The Balaban J connectivity index is 1.36. The van der Waals surface area contributed by atoms with Gasteiger partial charge in [0.2, 0.25) is 15.9 Å². The van der Waals surface area contributed by atoms with Crippen molar-refractivity contribution < 1.29 is 26.4 Å². The molecule has 12 heteroatoms. The van der Waals surface area contributed by atoms with Gasteiger partial charge in [-0.1, -0.05) is 27.3 Å². The Morgan fingerprint density at radius 1 is 1.17 bits per heavy atom. The molecule has 5 rings (SSSR count). The van der Waals surface area contributed by atoms with E-state index in [4.69, 9.17) is 4.42 Å². The van der Waals surface area contributed by atoms with Crippen LogP contribution < -0.4 is 4.90 Å². The van der Waals surface area contributed by atoms with Crippen molar-refractivity contribution in [1.82, 2.24) is 9.29 Å². The molecule has 0 radical (unpaired) electrons. The number of piperidine rings is 1. The number of thiazole rings is 1. The van der Waals surface area contributed by atoms with Crippen molar-refractivity contribution in [3.63, 3.8) is 0 Å². The van der Waals surface area contributed by atoms with Crippen molar-refractivity contribution >= 4 is 58.5 Å². The molecule has 188 valence electrons. The number of halogens is 3. The van der Waals surface area contributed by atoms with Crippen LogP contribution in [0.15, 0.2) is 68.6 Å². The second kappa shape index (κ2) is 10.0. The van der Waals surface area contributed by atoms with E-state index in [-0.39, 0.29) is 38.4 Å². The lowest BCUT2D eigenvalue weighted by atomic mass is 9.96. The second-order valence-corrected chi connectivity index (χ2v) is 12.2. The Kier molecular flexibility index (Phi) is 6.95. The lowest BCUT2D eigenvalue weighted by Gasteiger charge is -2.32. The monoisotopic (exact) mass is 595 g/mol. The number of carbonyl (C=O) groups excluding carboxylic acids is 1. The number of nitrogens with zero attached hydrogens (tertiary/aromatic N) is 3. The molecule has 0 spiro atoms. The van der Waals surface area contributed by atoms with E-state index in [2.05, 4.69) is 20.9 Å². The minimum Gasteiger partial charge on any atom is -0.467 e. The lowest BCUT2D eigenvalue weighted by molar-refractivity contribution is -0.123. The molecule has 1 amide bonds. The average molecular weight is 596 g/mol. The van der Waals surface area contributed by atoms with Gasteiger partial charge < -0.3 is 4.42 Å². The fourth-order valence-electron chi connectivity index (χ4n) is 4.19. The second-order valence-electron chi connectivity index (χ2n) is 8.37. The zero-order valence-electron chi connectivity index (χ0n) is 18.7. The summed E-state index contributed by atoms with van der Waals surface area (Å²) in [6.07, 6.45) is 2.04. The summed E-state index contributed by atoms with van der Waals surface area (Å²) in [5.41, 5.74) is 0.762. The van der Waals surface area contributed by atoms with Gasteiger partial charge in [-0.2, -0.15) is 4.31 Å². The van der Waals surface area contributed by atoms with Crippen LogP contribution in [0.1, 0.15) is 18.6 Å². The van der Waals surface area contributed by atoms with E-state index < -0.39 is 32.5 Å². The maximum Gasteiger partial charge on any atom is 0.245 e. The zero-order valence-corrected chi connectivity index (χ0v) is 22.0. The number of anilines is 1. The largest absolute Gasteiger partial charge is 0.467 e. The fourth-order valence-corrected chi connectivity index (χ4v) is 7.22. The number of sulfonamides is 1. The summed E-state index contributed by atoms with van der Waals surface area (Å²) < 4.78 is 61.7. The number of hydrogen-bond acceptors (Lipinski definition) is 6. The number of benzene rings is 2. The number of aromatic nitrogens is 1. The molecule has 0 unspecified atom stereocenters. The number of rotatable bonds is 6. The molecule has 1 saturated heterocycles. The average Bonchev–Trinajstić information content (AvgIpc) is 3.51. The third-order valence-electron chi connectivity index (χ3n) is 6.05. The van der Waals surface area contributed by atoms with E-state index >= 15 is 0 Å². The van der Waals surface area contributed by atoms with Gasteiger partial charge in [-0.25, -0.2) is 22.2 Å². The molecule has 0 aliphatic carbocycles. The van der Waals surface area contributed by atoms with Crippen LogP contribution in [-0.2, 0) is 21.4 Å². The highest BCUT2D eigenvalue weighted by atomic mass is 79.9. The Hall–Kier alpha value is -2.67. The first-order chi connectivity index (χ1) is 17.2. The SMILES string of the molecule is O=C(C1CCN(S(=O)(=O)c2ccc(F)cc2F)CC1)N(Cc1ccco1)c1nc2ccc(Br)cc2s1. The van der Waals surface area contributed by atoms with Crippen LogP contribution in [0.25, 0.3) is 10.2 Å². The topological polar surface area (TPSA) is 83.7 Å². The molecule has 3 heterocycles. The molecule has 1 aliphatic heterocycles. The summed E-state index contributed by atoms with van der Waals surface area (Å²) in [5, 5.41) is 0.521. The maximum atomic E-state index is 14.2. The molecule has 0 saturated carbocycles. The standard InChI is InChI=1S/C24H20BrF2N3O4S2/c25-16-3-5-20-21(12-16)35-24(28-20)30(14-18-2-1-11-34-18)23(31)15-7-9-29(10-8-15)36(32,33)22-6-4-17(26)13-19(22)27/h1-6,11-13,15H,7-10,14H2. The molecule has 2 aromatic heterocycles. The molecule has 7 nitrogen and oxygen atoms in total. The van der Waals surface area contributed by atoms with Crippen molar-refractivity contribution in [2.75, 3.05) is 18.0 Å². The first kappa shape index (κ1) is 25.0. The quantitative estimate of drug-likeness (QED) is 0.291. The van der Waals surface area contributed by atoms with E-state index in [0.717, 1.165) is 31.1 Å². The van der Waals surface area contributed by atoms with Crippen molar-refractivity contribution in [2.24, 2.45) is 5.92 Å². The molecular weight excluding hydrogens is 576 g/mol. The highest BCUT2D eigenvalue weighted by molar-refractivity contribution is 9.10. The van der Waals surface area contributed by atoms with Gasteiger partial charge in [0.25, 0.3) is 0 Å². The summed E-state index contributed by atoms with van der Waals surface area (Å²) in [4.78, 5) is 19.3. The van der Waals surface area contributed by atoms with Gasteiger partial charge in [0.1, 0.15) is 22.3 Å². The predicted molar refractivity (Wildman–Crippen MR) is 135 cm³/mol. The normalized spacial score (nSPS) is 15.4. The van der Waals surface area contributed by atoms with Crippen LogP contribution in [-0.4, -0.2) is 36.7 Å². The molecular formula is C24H20BrF2N3O4S2. The summed E-state index contributed by atoms with van der Waals surface area (Å²) >= 11 is 4.83. The van der Waals surface area contributed by atoms with E-state index in [1.165, 1.54) is 17.6 Å². The molecule has 0 N–H and O–H groups in total. The maximum absolute atomic E-state index is 14.2. The number of carbonyl (C=O) groups is 1. The summed E-state index contributed by atoms with van der Waals surface area (Å²) in [6, 6.07) is 11.6. The van der Waals surface area contributed by atoms with Crippen molar-refractivity contribution in [3.8, 4) is 0 Å². The van der Waals surface area contributed by atoms with Gasteiger partial charge in [-0.3, -0.25) is 9.69 Å². The van der Waals surface area contributed by atoms with Gasteiger partial charge in [-0.15, -0.1) is 0 Å². The van der Waals surface area contributed by atoms with Crippen molar-refractivity contribution in [1.29, 1.82) is 0 Å². The third kappa shape index (κ3) is 4.95. The number of hydrogen-bond donors (Lipinski definition) is 0. The van der Waals surface area contributed by atoms with Gasteiger partial charge in [0, 0.05) is 29.5 Å². The van der Waals surface area contributed by atoms with Crippen LogP contribution in [0.3, 0.4) is 0 Å². The molecule has 2 aromatic carbocycles. The van der Waals surface area contributed by atoms with Crippen LogP contribution >= 0.6 is 27.3 Å². The molecule has 0 bridgehead atoms. The Morgan fingerprint density at radius 2 is 1.94 bits per heavy atom. The van der Waals surface area contributed by atoms with Crippen LogP contribution in [0, 0.1) is 17.6 Å². The first-order valence-corrected chi connectivity index (χ1v) is 14.1. The summed E-state index contributed by atoms with van der Waals surface area (Å²) in [5.74, 6) is -2.04.